The molecule has 1 aliphatic rings. The van der Waals surface area contributed by atoms with Gasteiger partial charge in [0.1, 0.15) is 5.69 Å². The zero-order chi connectivity index (χ0) is 21.4. The first-order valence-corrected chi connectivity index (χ1v) is 10.8. The van der Waals surface area contributed by atoms with Crippen LogP contribution in [0.3, 0.4) is 0 Å². The first kappa shape index (κ1) is 25.4. The van der Waals surface area contributed by atoms with Crippen molar-refractivity contribution in [2.24, 2.45) is 4.99 Å². The number of halogens is 4. The summed E-state index contributed by atoms with van der Waals surface area (Å²) in [5, 5.41) is 12.9. The Morgan fingerprint density at radius 1 is 1.29 bits per heavy atom. The van der Waals surface area contributed by atoms with Crippen molar-refractivity contribution in [2.45, 2.75) is 32.0 Å². The third-order valence-electron chi connectivity index (χ3n) is 4.61. The molecular weight excluding hydrogens is 542 g/mol. The molecule has 0 unspecified atom stereocenters. The second-order valence-corrected chi connectivity index (χ2v) is 7.73. The smallest absolute Gasteiger partial charge is 0.363 e. The molecule has 3 N–H and O–H groups in total. The molecule has 1 saturated heterocycles. The van der Waals surface area contributed by atoms with Gasteiger partial charge in [-0.25, -0.2) is 9.97 Å². The van der Waals surface area contributed by atoms with Gasteiger partial charge < -0.3 is 20.9 Å². The van der Waals surface area contributed by atoms with Gasteiger partial charge in [0.2, 0.25) is 5.95 Å². The number of rotatable bonds is 7. The summed E-state index contributed by atoms with van der Waals surface area (Å²) in [5.41, 5.74) is -0.965. The van der Waals surface area contributed by atoms with E-state index in [9.17, 15) is 13.2 Å². The van der Waals surface area contributed by atoms with Gasteiger partial charge in [0, 0.05) is 38.4 Å². The molecule has 0 atom stereocenters. The van der Waals surface area contributed by atoms with Gasteiger partial charge in [-0.05, 0) is 43.3 Å². The molecule has 12 heteroatoms. The van der Waals surface area contributed by atoms with Gasteiger partial charge in [-0.15, -0.1) is 35.3 Å². The number of thiophene rings is 1. The summed E-state index contributed by atoms with van der Waals surface area (Å²) >= 11 is 1.76. The molecule has 2 aromatic heterocycles. The Morgan fingerprint density at radius 3 is 2.71 bits per heavy atom. The minimum Gasteiger partial charge on any atom is -0.363 e. The Kier molecular flexibility index (Phi) is 10.1. The van der Waals surface area contributed by atoms with Crippen LogP contribution in [0.15, 0.2) is 34.8 Å². The molecule has 0 amide bonds. The van der Waals surface area contributed by atoms with Crippen LogP contribution in [0.1, 0.15) is 25.5 Å². The molecule has 3 rings (SSSR count). The van der Waals surface area contributed by atoms with Crippen LogP contribution in [0.5, 0.6) is 0 Å². The zero-order valence-electron chi connectivity index (χ0n) is 17.2. The summed E-state index contributed by atoms with van der Waals surface area (Å²) in [6, 6.07) is 5.39. The Balaban J connectivity index is 0.00000341. The SMILES string of the molecule is CCNC(=NCCNc1nccc(C(F)(F)F)n1)NC1CCN(c2cccs2)CC1.I. The van der Waals surface area contributed by atoms with Gasteiger partial charge in [0.25, 0.3) is 0 Å². The molecule has 7 nitrogen and oxygen atoms in total. The van der Waals surface area contributed by atoms with Crippen LogP contribution in [0.2, 0.25) is 0 Å². The highest BCUT2D eigenvalue weighted by Gasteiger charge is 2.32. The highest BCUT2D eigenvalue weighted by molar-refractivity contribution is 14.0. The second kappa shape index (κ2) is 12.3. The van der Waals surface area contributed by atoms with Crippen molar-refractivity contribution in [3.05, 3.63) is 35.5 Å². The molecule has 1 fully saturated rings. The minimum atomic E-state index is -4.49. The molecule has 0 radical (unpaired) electrons. The number of aromatic nitrogens is 2. The van der Waals surface area contributed by atoms with E-state index in [4.69, 9.17) is 0 Å². The third kappa shape index (κ3) is 7.98. The molecule has 1 aliphatic heterocycles. The number of guanidine groups is 1. The number of hydrogen-bond donors (Lipinski definition) is 3. The number of piperidine rings is 1. The normalized spacial score (nSPS) is 15.4. The predicted octanol–water partition coefficient (Wildman–Crippen LogP) is 3.81. The van der Waals surface area contributed by atoms with Crippen molar-refractivity contribution in [1.29, 1.82) is 0 Å². The van der Waals surface area contributed by atoms with E-state index < -0.39 is 11.9 Å². The number of anilines is 2. The van der Waals surface area contributed by atoms with Crippen LogP contribution in [0.25, 0.3) is 0 Å². The monoisotopic (exact) mass is 569 g/mol. The largest absolute Gasteiger partial charge is 0.433 e. The van der Waals surface area contributed by atoms with E-state index >= 15 is 0 Å². The number of nitrogens with one attached hydrogen (secondary N) is 3. The first-order valence-electron chi connectivity index (χ1n) is 9.93. The molecule has 0 spiro atoms. The summed E-state index contributed by atoms with van der Waals surface area (Å²) in [7, 11) is 0. The highest BCUT2D eigenvalue weighted by atomic mass is 127. The number of alkyl halides is 3. The van der Waals surface area contributed by atoms with E-state index in [1.54, 1.807) is 11.3 Å². The van der Waals surface area contributed by atoms with E-state index in [-0.39, 0.29) is 29.9 Å². The van der Waals surface area contributed by atoms with Gasteiger partial charge in [-0.3, -0.25) is 4.99 Å². The van der Waals surface area contributed by atoms with E-state index in [0.29, 0.717) is 25.1 Å². The average molecular weight is 569 g/mol. The second-order valence-electron chi connectivity index (χ2n) is 6.81. The summed E-state index contributed by atoms with van der Waals surface area (Å²) in [6.45, 7) is 5.41. The minimum absolute atomic E-state index is 0. The Labute approximate surface area is 201 Å². The van der Waals surface area contributed by atoms with Crippen molar-refractivity contribution in [2.75, 3.05) is 42.9 Å². The first-order chi connectivity index (χ1) is 14.5. The lowest BCUT2D eigenvalue weighted by atomic mass is 10.1. The molecule has 0 bridgehead atoms. The van der Waals surface area contributed by atoms with Crippen LogP contribution in [-0.2, 0) is 6.18 Å². The zero-order valence-corrected chi connectivity index (χ0v) is 20.3. The predicted molar refractivity (Wildman–Crippen MR) is 130 cm³/mol. The van der Waals surface area contributed by atoms with Crippen molar-refractivity contribution >= 4 is 52.2 Å². The van der Waals surface area contributed by atoms with Gasteiger partial charge in [-0.1, -0.05) is 0 Å². The van der Waals surface area contributed by atoms with Crippen LogP contribution in [0.4, 0.5) is 24.1 Å². The van der Waals surface area contributed by atoms with E-state index in [1.807, 2.05) is 6.92 Å². The average Bonchev–Trinajstić information content (AvgIpc) is 3.26. The summed E-state index contributed by atoms with van der Waals surface area (Å²) in [4.78, 5) is 14.2. The summed E-state index contributed by atoms with van der Waals surface area (Å²) in [6.07, 6.45) is -1.37. The topological polar surface area (TPSA) is 77.5 Å². The summed E-state index contributed by atoms with van der Waals surface area (Å²) < 4.78 is 38.1. The molecule has 172 valence electrons. The van der Waals surface area contributed by atoms with Gasteiger partial charge in [0.15, 0.2) is 5.96 Å². The Morgan fingerprint density at radius 2 is 2.06 bits per heavy atom. The van der Waals surface area contributed by atoms with Crippen molar-refractivity contribution in [3.8, 4) is 0 Å². The maximum Gasteiger partial charge on any atom is 0.433 e. The van der Waals surface area contributed by atoms with E-state index in [0.717, 1.165) is 44.7 Å². The van der Waals surface area contributed by atoms with Crippen LogP contribution in [-0.4, -0.2) is 54.7 Å². The van der Waals surface area contributed by atoms with Crippen LogP contribution >= 0.6 is 35.3 Å². The fourth-order valence-corrected chi connectivity index (χ4v) is 3.93. The fourth-order valence-electron chi connectivity index (χ4n) is 3.14. The number of hydrogen-bond acceptors (Lipinski definition) is 6. The van der Waals surface area contributed by atoms with Crippen molar-refractivity contribution in [1.82, 2.24) is 20.6 Å². The summed E-state index contributed by atoms with van der Waals surface area (Å²) in [5.74, 6) is 0.651. The molecule has 3 heterocycles. The lowest BCUT2D eigenvalue weighted by Gasteiger charge is -2.33. The van der Waals surface area contributed by atoms with Crippen LogP contribution < -0.4 is 20.9 Å². The Hall–Kier alpha value is -1.83. The molecule has 31 heavy (non-hydrogen) atoms. The van der Waals surface area contributed by atoms with Crippen molar-refractivity contribution < 1.29 is 13.2 Å². The third-order valence-corrected chi connectivity index (χ3v) is 5.54. The van der Waals surface area contributed by atoms with Gasteiger partial charge in [0.05, 0.1) is 11.5 Å². The molecule has 0 saturated carbocycles. The standard InChI is InChI=1S/C19H26F3N7S.HI/c1-2-23-17(27-14-6-11-29(12-7-14)16-4-3-13-30-16)25-9-10-26-18-24-8-5-15(28-18)19(20,21)22;/h3-5,8,13-14H,2,6-7,9-12H2,1H3,(H2,23,25,27)(H,24,26,28);1H. The lowest BCUT2D eigenvalue weighted by Crippen LogP contribution is -2.48. The van der Waals surface area contributed by atoms with Crippen molar-refractivity contribution in [3.63, 3.8) is 0 Å². The number of nitrogens with zero attached hydrogens (tertiary/aromatic N) is 4. The highest BCUT2D eigenvalue weighted by Crippen LogP contribution is 2.27. The van der Waals surface area contributed by atoms with Crippen LogP contribution in [0, 0.1) is 0 Å². The maximum absolute atomic E-state index is 12.7. The van der Waals surface area contributed by atoms with E-state index in [2.05, 4.69) is 53.3 Å². The van der Waals surface area contributed by atoms with E-state index in [1.165, 1.54) is 5.00 Å². The molecule has 2 aromatic rings. The molecule has 0 aromatic carbocycles. The molecule has 0 aliphatic carbocycles. The quantitative estimate of drug-likeness (QED) is 0.204. The van der Waals surface area contributed by atoms with Gasteiger partial charge >= 0.3 is 6.18 Å². The van der Waals surface area contributed by atoms with Gasteiger partial charge in [-0.2, -0.15) is 13.2 Å². The Bertz CT molecular complexity index is 809. The molecular formula is C19H27F3IN7S. The maximum atomic E-state index is 12.7. The lowest BCUT2D eigenvalue weighted by molar-refractivity contribution is -0.141. The number of aliphatic imine (C=N–C) groups is 1. The fraction of sp³-hybridized carbons (Fsp3) is 0.526.